The van der Waals surface area contributed by atoms with E-state index in [0.29, 0.717) is 0 Å². The molecule has 0 radical (unpaired) electrons. The van der Waals surface area contributed by atoms with Gasteiger partial charge in [0.15, 0.2) is 0 Å². The van der Waals surface area contributed by atoms with E-state index in [1.54, 1.807) is 0 Å². The molecule has 3 rings (SSSR count). The molecule has 0 bridgehead atoms. The molecule has 1 heterocycles. The monoisotopic (exact) mass is 242 g/mol. The average molecular weight is 242 g/mol. The normalized spacial score (nSPS) is 13.2. The van der Waals surface area contributed by atoms with E-state index in [4.69, 9.17) is 5.73 Å². The van der Waals surface area contributed by atoms with Crippen molar-refractivity contribution in [1.82, 2.24) is 0 Å². The topological polar surface area (TPSA) is 29.3 Å². The number of anilines is 3. The van der Waals surface area contributed by atoms with Gasteiger partial charge in [-0.1, -0.05) is 17.8 Å². The summed E-state index contributed by atoms with van der Waals surface area (Å²) < 4.78 is 0. The van der Waals surface area contributed by atoms with E-state index in [2.05, 4.69) is 43.1 Å². The third kappa shape index (κ3) is 1.67. The van der Waals surface area contributed by atoms with Crippen molar-refractivity contribution in [2.45, 2.75) is 16.7 Å². The van der Waals surface area contributed by atoms with Crippen molar-refractivity contribution in [1.29, 1.82) is 0 Å². The molecule has 3 heteroatoms. The van der Waals surface area contributed by atoms with E-state index in [-0.39, 0.29) is 0 Å². The lowest BCUT2D eigenvalue weighted by Gasteiger charge is -2.29. The van der Waals surface area contributed by atoms with Gasteiger partial charge < -0.3 is 10.6 Å². The molecule has 86 valence electrons. The smallest absolute Gasteiger partial charge is 0.0570 e. The summed E-state index contributed by atoms with van der Waals surface area (Å²) in [5, 5.41) is 0. The van der Waals surface area contributed by atoms with E-state index in [1.807, 2.05) is 23.9 Å². The largest absolute Gasteiger partial charge is 0.399 e. The fourth-order valence-corrected chi connectivity index (χ4v) is 3.34. The van der Waals surface area contributed by atoms with E-state index in [9.17, 15) is 0 Å². The molecule has 2 aromatic carbocycles. The van der Waals surface area contributed by atoms with Crippen LogP contribution in [0.3, 0.4) is 0 Å². The van der Waals surface area contributed by atoms with Gasteiger partial charge in [0.1, 0.15) is 0 Å². The van der Waals surface area contributed by atoms with Gasteiger partial charge in [0, 0.05) is 22.5 Å². The highest BCUT2D eigenvalue weighted by molar-refractivity contribution is 7.99. The van der Waals surface area contributed by atoms with Crippen molar-refractivity contribution in [2.75, 3.05) is 17.7 Å². The molecule has 2 nitrogen and oxygen atoms in total. The molecule has 1 aliphatic rings. The molecule has 1 aliphatic heterocycles. The number of nitrogen functional groups attached to an aromatic ring is 1. The summed E-state index contributed by atoms with van der Waals surface area (Å²) in [6, 6.07) is 12.6. The van der Waals surface area contributed by atoms with Crippen molar-refractivity contribution in [3.05, 3.63) is 42.0 Å². The zero-order valence-corrected chi connectivity index (χ0v) is 10.7. The molecular formula is C14H14N2S. The first-order valence-corrected chi connectivity index (χ1v) is 6.38. The first kappa shape index (κ1) is 10.5. The predicted octanol–water partition coefficient (Wildman–Crippen LogP) is 3.81. The third-order valence-corrected chi connectivity index (χ3v) is 4.15. The molecule has 0 saturated carbocycles. The minimum absolute atomic E-state index is 0.812. The Morgan fingerprint density at radius 1 is 1.00 bits per heavy atom. The Morgan fingerprint density at radius 2 is 1.82 bits per heavy atom. The number of hydrogen-bond acceptors (Lipinski definition) is 3. The van der Waals surface area contributed by atoms with Crippen LogP contribution in [0.2, 0.25) is 0 Å². The number of hydrogen-bond donors (Lipinski definition) is 1. The van der Waals surface area contributed by atoms with Crippen molar-refractivity contribution < 1.29 is 0 Å². The number of nitrogens with two attached hydrogens (primary N) is 1. The zero-order valence-electron chi connectivity index (χ0n) is 9.90. The fraction of sp³-hybridized carbons (Fsp3) is 0.143. The summed E-state index contributed by atoms with van der Waals surface area (Å²) in [5.41, 5.74) is 10.4. The van der Waals surface area contributed by atoms with Gasteiger partial charge in [-0.15, -0.1) is 0 Å². The van der Waals surface area contributed by atoms with Gasteiger partial charge in [0.05, 0.1) is 11.4 Å². The number of benzene rings is 2. The molecule has 0 aromatic heterocycles. The van der Waals surface area contributed by atoms with Crippen LogP contribution in [0.25, 0.3) is 0 Å². The van der Waals surface area contributed by atoms with Gasteiger partial charge in [0.25, 0.3) is 0 Å². The molecular weight excluding hydrogens is 228 g/mol. The molecule has 0 fully saturated rings. The Balaban J connectivity index is 2.17. The average Bonchev–Trinajstić information content (AvgIpc) is 2.30. The van der Waals surface area contributed by atoms with E-state index >= 15 is 0 Å². The zero-order chi connectivity index (χ0) is 12.0. The Morgan fingerprint density at radius 3 is 2.65 bits per heavy atom. The van der Waals surface area contributed by atoms with Gasteiger partial charge in [-0.3, -0.25) is 0 Å². The van der Waals surface area contributed by atoms with Gasteiger partial charge >= 0.3 is 0 Å². The molecule has 2 aromatic rings. The third-order valence-electron chi connectivity index (χ3n) is 3.04. The fourth-order valence-electron chi connectivity index (χ4n) is 2.11. The summed E-state index contributed by atoms with van der Waals surface area (Å²) in [5.74, 6) is 0. The van der Waals surface area contributed by atoms with E-state index < -0.39 is 0 Å². The Kier molecular flexibility index (Phi) is 2.30. The Labute approximate surface area is 105 Å². The number of rotatable bonds is 0. The lowest BCUT2D eigenvalue weighted by atomic mass is 10.2. The first-order valence-electron chi connectivity index (χ1n) is 5.57. The lowest BCUT2D eigenvalue weighted by molar-refractivity contribution is 1.11. The van der Waals surface area contributed by atoms with Gasteiger partial charge in [0.2, 0.25) is 0 Å². The minimum Gasteiger partial charge on any atom is -0.399 e. The quantitative estimate of drug-likeness (QED) is 0.712. The second-order valence-electron chi connectivity index (χ2n) is 4.36. The number of aryl methyl sites for hydroxylation is 1. The SMILES string of the molecule is Cc1ccc2c(c1)Sc1ccc(N)cc1N2C. The minimum atomic E-state index is 0.812. The van der Waals surface area contributed by atoms with Crippen LogP contribution in [0.1, 0.15) is 5.56 Å². The molecule has 0 aliphatic carbocycles. The van der Waals surface area contributed by atoms with Gasteiger partial charge in [-0.25, -0.2) is 0 Å². The van der Waals surface area contributed by atoms with Crippen LogP contribution in [-0.4, -0.2) is 7.05 Å². The lowest BCUT2D eigenvalue weighted by Crippen LogP contribution is -2.14. The van der Waals surface area contributed by atoms with Crippen LogP contribution >= 0.6 is 11.8 Å². The van der Waals surface area contributed by atoms with Crippen LogP contribution in [0.5, 0.6) is 0 Å². The summed E-state index contributed by atoms with van der Waals surface area (Å²) in [4.78, 5) is 4.78. The van der Waals surface area contributed by atoms with Crippen LogP contribution in [0.4, 0.5) is 17.1 Å². The Hall–Kier alpha value is -1.61. The summed E-state index contributed by atoms with van der Waals surface area (Å²) in [7, 11) is 2.09. The van der Waals surface area contributed by atoms with Gasteiger partial charge in [-0.05, 0) is 42.8 Å². The summed E-state index contributed by atoms with van der Waals surface area (Å²) in [6.45, 7) is 2.12. The predicted molar refractivity (Wildman–Crippen MR) is 74.2 cm³/mol. The molecule has 0 unspecified atom stereocenters. The first-order chi connectivity index (χ1) is 8.15. The van der Waals surface area contributed by atoms with Crippen LogP contribution in [0, 0.1) is 6.92 Å². The maximum absolute atomic E-state index is 5.85. The second kappa shape index (κ2) is 3.70. The van der Waals surface area contributed by atoms with Crippen molar-refractivity contribution in [3.63, 3.8) is 0 Å². The molecule has 0 spiro atoms. The molecule has 0 saturated heterocycles. The van der Waals surface area contributed by atoms with Crippen LogP contribution < -0.4 is 10.6 Å². The molecule has 17 heavy (non-hydrogen) atoms. The maximum Gasteiger partial charge on any atom is 0.0570 e. The van der Waals surface area contributed by atoms with Gasteiger partial charge in [-0.2, -0.15) is 0 Å². The summed E-state index contributed by atoms with van der Waals surface area (Å²) >= 11 is 1.81. The Bertz CT molecular complexity index is 593. The molecule has 0 amide bonds. The van der Waals surface area contributed by atoms with E-state index in [1.165, 1.54) is 26.7 Å². The highest BCUT2D eigenvalue weighted by Crippen LogP contribution is 2.47. The molecule has 2 N–H and O–H groups in total. The standard InChI is InChI=1S/C14H14N2S/c1-9-3-5-11-14(7-9)17-13-6-4-10(15)8-12(13)16(11)2/h3-8H,15H2,1-2H3. The second-order valence-corrected chi connectivity index (χ2v) is 5.44. The van der Waals surface area contributed by atoms with Crippen molar-refractivity contribution >= 4 is 28.8 Å². The highest BCUT2D eigenvalue weighted by Gasteiger charge is 2.20. The number of nitrogens with zero attached hydrogens (tertiary/aromatic N) is 1. The highest BCUT2D eigenvalue weighted by atomic mass is 32.2. The van der Waals surface area contributed by atoms with Crippen molar-refractivity contribution in [3.8, 4) is 0 Å². The number of fused-ring (bicyclic) bond motifs is 2. The summed E-state index contributed by atoms with van der Waals surface area (Å²) in [6.07, 6.45) is 0. The molecule has 0 atom stereocenters. The van der Waals surface area contributed by atoms with Crippen LogP contribution in [-0.2, 0) is 0 Å². The maximum atomic E-state index is 5.85. The van der Waals surface area contributed by atoms with E-state index in [0.717, 1.165) is 5.69 Å². The van der Waals surface area contributed by atoms with Crippen LogP contribution in [0.15, 0.2) is 46.2 Å². The van der Waals surface area contributed by atoms with Crippen molar-refractivity contribution in [2.24, 2.45) is 0 Å².